The van der Waals surface area contributed by atoms with Gasteiger partial charge < -0.3 is 5.11 Å². The van der Waals surface area contributed by atoms with E-state index in [1.165, 1.54) is 24.3 Å². The van der Waals surface area contributed by atoms with E-state index in [4.69, 9.17) is 5.11 Å². The van der Waals surface area contributed by atoms with E-state index in [1.807, 2.05) is 0 Å². The van der Waals surface area contributed by atoms with Crippen LogP contribution in [-0.4, -0.2) is 11.1 Å². The number of rotatable bonds is 1. The molecule has 52 valence electrons. The Balaban J connectivity index is 3.00. The van der Waals surface area contributed by atoms with Crippen LogP contribution in [0.5, 0.6) is 5.75 Å². The molecule has 1 aromatic rings. The highest BCUT2D eigenvalue weighted by Crippen LogP contribution is 2.09. The second-order valence-electron chi connectivity index (χ2n) is 1.82. The zero-order valence-corrected chi connectivity index (χ0v) is 5.04. The molecule has 0 aliphatic heterocycles. The zero-order chi connectivity index (χ0) is 7.56. The highest BCUT2D eigenvalue weighted by molar-refractivity contribution is 5.88. The first-order valence-corrected chi connectivity index (χ1v) is 2.69. The summed E-state index contributed by atoms with van der Waals surface area (Å²) in [5.74, 6) is 0.0185. The van der Waals surface area contributed by atoms with Crippen molar-refractivity contribution in [3.05, 3.63) is 29.8 Å². The highest BCUT2D eigenvalue weighted by atomic mass is 19.1. The molecule has 1 rings (SSSR count). The normalized spacial score (nSPS) is 9.30. The van der Waals surface area contributed by atoms with Crippen molar-refractivity contribution in [2.75, 3.05) is 0 Å². The Morgan fingerprint density at radius 1 is 1.30 bits per heavy atom. The third-order valence-corrected chi connectivity index (χ3v) is 1.09. The first-order valence-electron chi connectivity index (χ1n) is 2.69. The van der Waals surface area contributed by atoms with Gasteiger partial charge in [0, 0.05) is 0 Å². The molecule has 0 atom stereocenters. The SMILES string of the molecule is O=C(F)c1ccc(O)cc1. The van der Waals surface area contributed by atoms with Crippen LogP contribution in [-0.2, 0) is 0 Å². The number of carbonyl (C=O) groups is 1. The van der Waals surface area contributed by atoms with E-state index < -0.39 is 6.04 Å². The zero-order valence-electron chi connectivity index (χ0n) is 5.04. The van der Waals surface area contributed by atoms with Gasteiger partial charge in [-0.3, -0.25) is 4.79 Å². The molecule has 1 N–H and O–H groups in total. The third kappa shape index (κ3) is 1.31. The van der Waals surface area contributed by atoms with Crippen LogP contribution < -0.4 is 0 Å². The van der Waals surface area contributed by atoms with Gasteiger partial charge in [-0.1, -0.05) is 0 Å². The maximum Gasteiger partial charge on any atom is 0.332 e. The van der Waals surface area contributed by atoms with Crippen LogP contribution >= 0.6 is 0 Å². The predicted octanol–water partition coefficient (Wildman–Crippen LogP) is 1.50. The predicted molar refractivity (Wildman–Crippen MR) is 33.5 cm³/mol. The molecule has 0 heterocycles. The van der Waals surface area contributed by atoms with Gasteiger partial charge in [-0.2, -0.15) is 4.39 Å². The molecule has 0 amide bonds. The van der Waals surface area contributed by atoms with Gasteiger partial charge in [0.25, 0.3) is 0 Å². The molecule has 10 heavy (non-hydrogen) atoms. The molecular formula is C7H5FO2. The Kier molecular flexibility index (Phi) is 1.67. The summed E-state index contributed by atoms with van der Waals surface area (Å²) in [7, 11) is 0. The summed E-state index contributed by atoms with van der Waals surface area (Å²) in [6.45, 7) is 0. The number of aromatic hydroxyl groups is 1. The summed E-state index contributed by atoms with van der Waals surface area (Å²) < 4.78 is 11.8. The third-order valence-electron chi connectivity index (χ3n) is 1.09. The number of benzene rings is 1. The number of carbonyl (C=O) groups excluding carboxylic acids is 1. The lowest BCUT2D eigenvalue weighted by Gasteiger charge is -1.90. The van der Waals surface area contributed by atoms with E-state index in [-0.39, 0.29) is 11.3 Å². The largest absolute Gasteiger partial charge is 0.508 e. The quantitative estimate of drug-likeness (QED) is 0.600. The van der Waals surface area contributed by atoms with Crippen molar-refractivity contribution in [2.24, 2.45) is 0 Å². The van der Waals surface area contributed by atoms with Gasteiger partial charge in [0.2, 0.25) is 0 Å². The molecule has 0 radical (unpaired) electrons. The molecule has 0 fully saturated rings. The van der Waals surface area contributed by atoms with Gasteiger partial charge in [-0.25, -0.2) is 0 Å². The maximum absolute atomic E-state index is 11.8. The number of hydrogen-bond acceptors (Lipinski definition) is 2. The summed E-state index contributed by atoms with van der Waals surface area (Å²) >= 11 is 0. The summed E-state index contributed by atoms with van der Waals surface area (Å²) in [5.41, 5.74) is -0.0437. The van der Waals surface area contributed by atoms with Crippen molar-refractivity contribution in [1.29, 1.82) is 0 Å². The second kappa shape index (κ2) is 2.47. The van der Waals surface area contributed by atoms with Crippen LogP contribution in [0.15, 0.2) is 24.3 Å². The molecule has 3 heteroatoms. The molecule has 2 nitrogen and oxygen atoms in total. The molecule has 0 unspecified atom stereocenters. The number of phenols is 1. The standard InChI is InChI=1S/C7H5FO2/c8-7(10)5-1-3-6(9)4-2-5/h1-4,9H. The van der Waals surface area contributed by atoms with Crippen molar-refractivity contribution in [2.45, 2.75) is 0 Å². The van der Waals surface area contributed by atoms with Gasteiger partial charge in [0.1, 0.15) is 5.75 Å². The molecule has 0 saturated carbocycles. The summed E-state index contributed by atoms with van der Waals surface area (Å²) in [6.07, 6.45) is 0. The van der Waals surface area contributed by atoms with E-state index in [0.717, 1.165) is 0 Å². The molecule has 0 saturated heterocycles. The minimum Gasteiger partial charge on any atom is -0.508 e. The van der Waals surface area contributed by atoms with Gasteiger partial charge >= 0.3 is 6.04 Å². The van der Waals surface area contributed by atoms with Gasteiger partial charge in [0.05, 0.1) is 5.56 Å². The molecule has 0 bridgehead atoms. The van der Waals surface area contributed by atoms with Crippen LogP contribution in [0.25, 0.3) is 0 Å². The fourth-order valence-corrected chi connectivity index (χ4v) is 0.592. The second-order valence-corrected chi connectivity index (χ2v) is 1.82. The maximum atomic E-state index is 11.8. The van der Waals surface area contributed by atoms with Crippen molar-refractivity contribution < 1.29 is 14.3 Å². The lowest BCUT2D eigenvalue weighted by atomic mass is 10.2. The summed E-state index contributed by atoms with van der Waals surface area (Å²) in [4.78, 5) is 10.0. The number of phenolic OH excluding ortho intramolecular Hbond substituents is 1. The first-order chi connectivity index (χ1) is 4.70. The minimum absolute atomic E-state index is 0.0185. The molecule has 0 aliphatic rings. The Morgan fingerprint density at radius 3 is 2.20 bits per heavy atom. The van der Waals surface area contributed by atoms with E-state index in [1.54, 1.807) is 0 Å². The van der Waals surface area contributed by atoms with Crippen molar-refractivity contribution >= 4 is 6.04 Å². The van der Waals surface area contributed by atoms with Crippen molar-refractivity contribution in [3.8, 4) is 5.75 Å². The Hall–Kier alpha value is -1.38. The highest BCUT2D eigenvalue weighted by Gasteiger charge is 2.00. The van der Waals surface area contributed by atoms with Crippen LogP contribution in [0.1, 0.15) is 10.4 Å². The lowest BCUT2D eigenvalue weighted by Crippen LogP contribution is -1.87. The van der Waals surface area contributed by atoms with Gasteiger partial charge in [-0.05, 0) is 24.3 Å². The topological polar surface area (TPSA) is 37.3 Å². The van der Waals surface area contributed by atoms with E-state index in [9.17, 15) is 9.18 Å². The average molecular weight is 140 g/mol. The monoisotopic (exact) mass is 140 g/mol. The minimum atomic E-state index is -1.49. The molecule has 0 aromatic heterocycles. The molecule has 1 aromatic carbocycles. The fraction of sp³-hybridized carbons (Fsp3) is 0. The van der Waals surface area contributed by atoms with Crippen LogP contribution in [0.4, 0.5) is 4.39 Å². The Bertz CT molecular complexity index is 240. The van der Waals surface area contributed by atoms with E-state index >= 15 is 0 Å². The Labute approximate surface area is 56.9 Å². The van der Waals surface area contributed by atoms with Crippen LogP contribution in [0.2, 0.25) is 0 Å². The number of halogens is 1. The van der Waals surface area contributed by atoms with Gasteiger partial charge in [0.15, 0.2) is 0 Å². The lowest BCUT2D eigenvalue weighted by molar-refractivity contribution is 0.0836. The van der Waals surface area contributed by atoms with Crippen molar-refractivity contribution in [3.63, 3.8) is 0 Å². The molecule has 0 spiro atoms. The number of hydrogen-bond donors (Lipinski definition) is 1. The van der Waals surface area contributed by atoms with Crippen LogP contribution in [0.3, 0.4) is 0 Å². The molecular weight excluding hydrogens is 135 g/mol. The smallest absolute Gasteiger partial charge is 0.332 e. The first kappa shape index (κ1) is 6.74. The fourth-order valence-electron chi connectivity index (χ4n) is 0.592. The summed E-state index contributed by atoms with van der Waals surface area (Å²) in [5, 5.41) is 8.70. The Morgan fingerprint density at radius 2 is 1.80 bits per heavy atom. The molecule has 0 aliphatic carbocycles. The van der Waals surface area contributed by atoms with E-state index in [2.05, 4.69) is 0 Å². The average Bonchev–Trinajstić information content (AvgIpc) is 1.88. The van der Waals surface area contributed by atoms with E-state index in [0.29, 0.717) is 0 Å². The van der Waals surface area contributed by atoms with Crippen molar-refractivity contribution in [1.82, 2.24) is 0 Å². The van der Waals surface area contributed by atoms with Crippen LogP contribution in [0, 0.1) is 0 Å². The summed E-state index contributed by atoms with van der Waals surface area (Å²) in [6, 6.07) is 3.47. The van der Waals surface area contributed by atoms with Gasteiger partial charge in [-0.15, -0.1) is 0 Å².